The van der Waals surface area contributed by atoms with Crippen molar-refractivity contribution in [3.05, 3.63) is 94.5 Å². The fourth-order valence-electron chi connectivity index (χ4n) is 4.21. The molecule has 8 heteroatoms. The summed E-state index contributed by atoms with van der Waals surface area (Å²) in [4.78, 5) is 28.5. The summed E-state index contributed by atoms with van der Waals surface area (Å²) >= 11 is 0. The molecule has 0 saturated carbocycles. The van der Waals surface area contributed by atoms with E-state index >= 15 is 0 Å². The Morgan fingerprint density at radius 2 is 1.41 bits per heavy atom. The molecule has 0 aliphatic rings. The Labute approximate surface area is 232 Å². The molecule has 3 aromatic carbocycles. The number of benzene rings is 3. The van der Waals surface area contributed by atoms with Gasteiger partial charge in [-0.15, -0.1) is 0 Å². The molecule has 2 amide bonds. The minimum Gasteiger partial charge on any atom is -0.354 e. The first-order valence-corrected chi connectivity index (χ1v) is 14.7. The Balaban J connectivity index is 2.05. The van der Waals surface area contributed by atoms with Crippen LogP contribution in [-0.2, 0) is 26.2 Å². The maximum atomic E-state index is 14.0. The molecule has 0 aliphatic carbocycles. The standard InChI is InChI=1S/C31H39N3O4S/c1-7-18-32-31(36)26(6)33(20-27-14-9-22(2)10-15-27)30(35)21-34(29-19-24(4)8-13-25(29)5)39(37,38)28-16-11-23(3)12-17-28/h8-17,19,26H,7,18,20-21H2,1-6H3,(H,32,36)/t26-/m0/s1. The van der Waals surface area contributed by atoms with Crippen LogP contribution in [0.1, 0.15) is 48.1 Å². The Morgan fingerprint density at radius 3 is 2.00 bits per heavy atom. The van der Waals surface area contributed by atoms with Crippen LogP contribution < -0.4 is 9.62 Å². The van der Waals surface area contributed by atoms with Gasteiger partial charge in [-0.1, -0.05) is 66.6 Å². The first-order chi connectivity index (χ1) is 18.4. The molecule has 0 heterocycles. The zero-order valence-corrected chi connectivity index (χ0v) is 24.5. The van der Waals surface area contributed by atoms with Gasteiger partial charge in [-0.2, -0.15) is 0 Å². The number of carbonyl (C=O) groups excluding carboxylic acids is 2. The Hall–Kier alpha value is -3.65. The van der Waals surface area contributed by atoms with E-state index in [1.54, 1.807) is 37.3 Å². The molecule has 39 heavy (non-hydrogen) atoms. The number of carbonyl (C=O) groups is 2. The number of sulfonamides is 1. The highest BCUT2D eigenvalue weighted by atomic mass is 32.2. The molecule has 0 spiro atoms. The molecule has 1 N–H and O–H groups in total. The third-order valence-electron chi connectivity index (χ3n) is 6.71. The van der Waals surface area contributed by atoms with Crippen molar-refractivity contribution in [3.8, 4) is 0 Å². The highest BCUT2D eigenvalue weighted by molar-refractivity contribution is 7.92. The van der Waals surface area contributed by atoms with Gasteiger partial charge in [-0.25, -0.2) is 8.42 Å². The summed E-state index contributed by atoms with van der Waals surface area (Å²) in [5.74, 6) is -0.747. The van der Waals surface area contributed by atoms with Crippen molar-refractivity contribution < 1.29 is 18.0 Å². The van der Waals surface area contributed by atoms with E-state index in [1.165, 1.54) is 9.21 Å². The number of amides is 2. The summed E-state index contributed by atoms with van der Waals surface area (Å²) < 4.78 is 29.1. The van der Waals surface area contributed by atoms with E-state index in [9.17, 15) is 18.0 Å². The monoisotopic (exact) mass is 549 g/mol. The topological polar surface area (TPSA) is 86.8 Å². The fourth-order valence-corrected chi connectivity index (χ4v) is 5.68. The lowest BCUT2D eigenvalue weighted by Gasteiger charge is -2.32. The normalized spacial score (nSPS) is 12.1. The third kappa shape index (κ3) is 7.47. The Morgan fingerprint density at radius 1 is 0.846 bits per heavy atom. The third-order valence-corrected chi connectivity index (χ3v) is 8.49. The average Bonchev–Trinajstić information content (AvgIpc) is 2.91. The molecule has 3 aromatic rings. The van der Waals surface area contributed by atoms with Gasteiger partial charge in [0.1, 0.15) is 12.6 Å². The quantitative estimate of drug-likeness (QED) is 0.362. The van der Waals surface area contributed by atoms with E-state index in [-0.39, 0.29) is 17.3 Å². The van der Waals surface area contributed by atoms with E-state index < -0.39 is 28.5 Å². The molecule has 1 atom stereocenters. The molecule has 0 radical (unpaired) electrons. The number of aryl methyl sites for hydroxylation is 4. The van der Waals surface area contributed by atoms with E-state index in [2.05, 4.69) is 5.32 Å². The van der Waals surface area contributed by atoms with Crippen molar-refractivity contribution in [2.45, 2.75) is 65.4 Å². The lowest BCUT2D eigenvalue weighted by Crippen LogP contribution is -2.51. The van der Waals surface area contributed by atoms with Gasteiger partial charge in [0.2, 0.25) is 11.8 Å². The van der Waals surface area contributed by atoms with Crippen LogP contribution in [0.4, 0.5) is 5.69 Å². The summed E-state index contributed by atoms with van der Waals surface area (Å²) in [7, 11) is -4.09. The minimum atomic E-state index is -4.09. The van der Waals surface area contributed by atoms with Crippen LogP contribution in [-0.4, -0.2) is 44.3 Å². The number of hydrogen-bond acceptors (Lipinski definition) is 4. The lowest BCUT2D eigenvalue weighted by atomic mass is 10.1. The molecular formula is C31H39N3O4S. The second kappa shape index (κ2) is 12.9. The van der Waals surface area contributed by atoms with Gasteiger partial charge in [0.05, 0.1) is 10.6 Å². The Kier molecular flexibility index (Phi) is 9.92. The van der Waals surface area contributed by atoms with Crippen molar-refractivity contribution in [2.75, 3.05) is 17.4 Å². The van der Waals surface area contributed by atoms with Crippen molar-refractivity contribution >= 4 is 27.5 Å². The highest BCUT2D eigenvalue weighted by Crippen LogP contribution is 2.28. The predicted molar refractivity (Wildman–Crippen MR) is 156 cm³/mol. The number of nitrogens with zero attached hydrogens (tertiary/aromatic N) is 2. The van der Waals surface area contributed by atoms with E-state index in [4.69, 9.17) is 0 Å². The van der Waals surface area contributed by atoms with E-state index in [1.807, 2.05) is 71.0 Å². The van der Waals surface area contributed by atoms with Crippen LogP contribution in [0.2, 0.25) is 0 Å². The van der Waals surface area contributed by atoms with Crippen LogP contribution in [0.3, 0.4) is 0 Å². The van der Waals surface area contributed by atoms with Gasteiger partial charge in [-0.05, 0) is 75.9 Å². The van der Waals surface area contributed by atoms with E-state index in [0.717, 1.165) is 34.2 Å². The zero-order chi connectivity index (χ0) is 28.7. The molecule has 3 rings (SSSR count). The lowest BCUT2D eigenvalue weighted by molar-refractivity contribution is -0.139. The van der Waals surface area contributed by atoms with Crippen LogP contribution in [0.15, 0.2) is 71.6 Å². The molecular weight excluding hydrogens is 510 g/mol. The second-order valence-corrected chi connectivity index (χ2v) is 12.0. The van der Waals surface area contributed by atoms with Gasteiger partial charge in [0, 0.05) is 13.1 Å². The number of anilines is 1. The molecule has 0 fully saturated rings. The zero-order valence-electron chi connectivity index (χ0n) is 23.7. The van der Waals surface area contributed by atoms with Crippen molar-refractivity contribution in [1.82, 2.24) is 10.2 Å². The van der Waals surface area contributed by atoms with Gasteiger partial charge in [-0.3, -0.25) is 13.9 Å². The summed E-state index contributed by atoms with van der Waals surface area (Å²) in [5, 5.41) is 2.86. The summed E-state index contributed by atoms with van der Waals surface area (Å²) in [6.45, 7) is 11.4. The number of hydrogen-bond donors (Lipinski definition) is 1. The Bertz CT molecular complexity index is 1400. The van der Waals surface area contributed by atoms with Gasteiger partial charge >= 0.3 is 0 Å². The van der Waals surface area contributed by atoms with Crippen molar-refractivity contribution in [1.29, 1.82) is 0 Å². The SMILES string of the molecule is CCCNC(=O)[C@H](C)N(Cc1ccc(C)cc1)C(=O)CN(c1cc(C)ccc1C)S(=O)(=O)c1ccc(C)cc1. The molecule has 208 valence electrons. The molecule has 0 bridgehead atoms. The molecule has 7 nitrogen and oxygen atoms in total. The summed E-state index contributed by atoms with van der Waals surface area (Å²) in [6.07, 6.45) is 0.763. The number of nitrogens with one attached hydrogen (secondary N) is 1. The minimum absolute atomic E-state index is 0.0978. The maximum Gasteiger partial charge on any atom is 0.264 e. The highest BCUT2D eigenvalue weighted by Gasteiger charge is 2.33. The van der Waals surface area contributed by atoms with Gasteiger partial charge in [0.15, 0.2) is 0 Å². The van der Waals surface area contributed by atoms with Crippen LogP contribution >= 0.6 is 0 Å². The molecule has 0 aliphatic heterocycles. The average molecular weight is 550 g/mol. The first-order valence-electron chi connectivity index (χ1n) is 13.2. The van der Waals surface area contributed by atoms with E-state index in [0.29, 0.717) is 12.2 Å². The smallest absolute Gasteiger partial charge is 0.264 e. The summed E-state index contributed by atoms with van der Waals surface area (Å²) in [6, 6.07) is 19.0. The van der Waals surface area contributed by atoms with Gasteiger partial charge in [0.25, 0.3) is 10.0 Å². The maximum absolute atomic E-state index is 14.0. The first kappa shape index (κ1) is 29.9. The molecule has 0 saturated heterocycles. The van der Waals surface area contributed by atoms with Crippen LogP contribution in [0.5, 0.6) is 0 Å². The van der Waals surface area contributed by atoms with Crippen LogP contribution in [0.25, 0.3) is 0 Å². The van der Waals surface area contributed by atoms with Crippen LogP contribution in [0, 0.1) is 27.7 Å². The molecule has 0 unspecified atom stereocenters. The number of rotatable bonds is 11. The van der Waals surface area contributed by atoms with Crippen molar-refractivity contribution in [3.63, 3.8) is 0 Å². The molecule has 0 aromatic heterocycles. The summed E-state index contributed by atoms with van der Waals surface area (Å²) in [5.41, 5.74) is 4.89. The van der Waals surface area contributed by atoms with Gasteiger partial charge < -0.3 is 10.2 Å². The van der Waals surface area contributed by atoms with Crippen molar-refractivity contribution in [2.24, 2.45) is 0 Å². The second-order valence-electron chi connectivity index (χ2n) is 10.1. The predicted octanol–water partition coefficient (Wildman–Crippen LogP) is 5.06. The fraction of sp³-hybridized carbons (Fsp3) is 0.355. The largest absolute Gasteiger partial charge is 0.354 e.